The lowest BCUT2D eigenvalue weighted by molar-refractivity contribution is -0.150. The summed E-state index contributed by atoms with van der Waals surface area (Å²) in [5, 5.41) is 17.4. The number of carboxylic acid groups (broad SMARTS) is 1. The number of hydrogen-bond acceptors (Lipinski definition) is 12. The van der Waals surface area contributed by atoms with Crippen LogP contribution < -0.4 is 16.0 Å². The first-order valence-electron chi connectivity index (χ1n) is 13.1. The maximum absolute atomic E-state index is 13.1. The highest BCUT2D eigenvalue weighted by molar-refractivity contribution is 8.14. The minimum atomic E-state index is -1.24. The van der Waals surface area contributed by atoms with E-state index < -0.39 is 29.2 Å². The monoisotopic (exact) mass is 646 g/mol. The molecule has 0 saturated carbocycles. The minimum absolute atomic E-state index is 0.0512. The Morgan fingerprint density at radius 3 is 2.58 bits per heavy atom. The predicted octanol–water partition coefficient (Wildman–Crippen LogP) is 2.08. The van der Waals surface area contributed by atoms with Crippen molar-refractivity contribution in [1.82, 2.24) is 15.2 Å². The van der Waals surface area contributed by atoms with Crippen LogP contribution in [0.15, 0.2) is 46.1 Å². The standard InChI is InChI=1S/C27H30N6O7S3/c1-4-9-32(19(35)13-41-14(2)34)17-7-5-15(6-8-17)10-16-11-42-25-21(24(37)33(25)22(16)26(38)39)30-23(36)20(31-40-3)18-12-43-27(28)29-18/h5-8,12,21,25H,4,9-11,13H2,1-3H3,(H2,28,29)(H,30,36)(H,38,39)/b31-20+/t21-,25-/m1/s1. The van der Waals surface area contributed by atoms with Crippen molar-refractivity contribution in [3.8, 4) is 0 Å². The molecule has 13 nitrogen and oxygen atoms in total. The quantitative estimate of drug-likeness (QED) is 0.174. The number of β-lactam (4-membered cyclic amide) rings is 1. The molecule has 1 saturated heterocycles. The van der Waals surface area contributed by atoms with Gasteiger partial charge in [0.25, 0.3) is 11.8 Å². The number of nitrogen functional groups attached to an aromatic ring is 1. The molecular weight excluding hydrogens is 617 g/mol. The number of hydrogen-bond donors (Lipinski definition) is 3. The maximum atomic E-state index is 13.1. The summed E-state index contributed by atoms with van der Waals surface area (Å²) in [6.07, 6.45) is 1.01. The average molecular weight is 647 g/mol. The molecule has 2 atom stereocenters. The average Bonchev–Trinajstić information content (AvgIpc) is 3.41. The molecular formula is C27H30N6O7S3. The van der Waals surface area contributed by atoms with Crippen molar-refractivity contribution >= 4 is 80.2 Å². The Labute approximate surface area is 259 Å². The molecule has 1 aromatic heterocycles. The number of nitrogens with two attached hydrogens (primary N) is 1. The highest BCUT2D eigenvalue weighted by Gasteiger charge is 2.54. The smallest absolute Gasteiger partial charge is 0.352 e. The third-order valence-corrected chi connectivity index (χ3v) is 9.32. The van der Waals surface area contributed by atoms with Crippen molar-refractivity contribution in [3.63, 3.8) is 0 Å². The number of oxime groups is 1. The first-order valence-corrected chi connectivity index (χ1v) is 16.0. The molecule has 3 heterocycles. The van der Waals surface area contributed by atoms with Gasteiger partial charge in [-0.05, 0) is 36.1 Å². The molecule has 1 fully saturated rings. The summed E-state index contributed by atoms with van der Waals surface area (Å²) in [7, 11) is 1.27. The number of carbonyl (C=O) groups excluding carboxylic acids is 4. The first-order chi connectivity index (χ1) is 20.5. The van der Waals surface area contributed by atoms with Crippen molar-refractivity contribution in [3.05, 3.63) is 52.2 Å². The van der Waals surface area contributed by atoms with Crippen LogP contribution in [0.5, 0.6) is 0 Å². The van der Waals surface area contributed by atoms with Crippen molar-refractivity contribution < 1.29 is 33.9 Å². The molecule has 4 N–H and O–H groups in total. The normalized spacial score (nSPS) is 18.1. The number of carbonyl (C=O) groups is 5. The van der Waals surface area contributed by atoms with Crippen LogP contribution in [-0.2, 0) is 35.2 Å². The molecule has 2 aliphatic heterocycles. The Hall–Kier alpha value is -3.89. The van der Waals surface area contributed by atoms with Crippen LogP contribution in [0.2, 0.25) is 0 Å². The molecule has 2 aliphatic rings. The Balaban J connectivity index is 1.48. The summed E-state index contributed by atoms with van der Waals surface area (Å²) >= 11 is 3.43. The van der Waals surface area contributed by atoms with Crippen LogP contribution in [0.4, 0.5) is 10.8 Å². The Morgan fingerprint density at radius 2 is 2.00 bits per heavy atom. The zero-order chi connectivity index (χ0) is 31.3. The van der Waals surface area contributed by atoms with E-state index in [1.807, 2.05) is 19.1 Å². The van der Waals surface area contributed by atoms with E-state index in [9.17, 15) is 29.1 Å². The summed E-state index contributed by atoms with van der Waals surface area (Å²) in [4.78, 5) is 74.1. The predicted molar refractivity (Wildman–Crippen MR) is 166 cm³/mol. The van der Waals surface area contributed by atoms with E-state index in [0.29, 0.717) is 23.6 Å². The molecule has 228 valence electrons. The van der Waals surface area contributed by atoms with Crippen LogP contribution in [0, 0.1) is 0 Å². The van der Waals surface area contributed by atoms with Gasteiger partial charge in [0.2, 0.25) is 5.91 Å². The van der Waals surface area contributed by atoms with Gasteiger partial charge in [-0.1, -0.05) is 36.0 Å². The van der Waals surface area contributed by atoms with Gasteiger partial charge >= 0.3 is 5.97 Å². The van der Waals surface area contributed by atoms with E-state index in [2.05, 4.69) is 15.5 Å². The molecule has 43 heavy (non-hydrogen) atoms. The van der Waals surface area contributed by atoms with Gasteiger partial charge in [0.05, 0.1) is 5.75 Å². The van der Waals surface area contributed by atoms with Crippen molar-refractivity contribution in [1.29, 1.82) is 0 Å². The molecule has 3 amide bonds. The lowest BCUT2D eigenvalue weighted by Gasteiger charge is -2.49. The zero-order valence-corrected chi connectivity index (χ0v) is 26.0. The van der Waals surface area contributed by atoms with Crippen LogP contribution in [0.3, 0.4) is 0 Å². The van der Waals surface area contributed by atoms with Gasteiger partial charge in [0.1, 0.15) is 29.9 Å². The second kappa shape index (κ2) is 14.1. The highest BCUT2D eigenvalue weighted by Crippen LogP contribution is 2.41. The number of carboxylic acids is 1. The maximum Gasteiger partial charge on any atom is 0.352 e. The number of benzene rings is 1. The van der Waals surface area contributed by atoms with Crippen LogP contribution >= 0.6 is 34.9 Å². The zero-order valence-electron chi connectivity index (χ0n) is 23.6. The van der Waals surface area contributed by atoms with E-state index in [-0.39, 0.29) is 45.4 Å². The molecule has 4 rings (SSSR count). The number of aliphatic carboxylic acids is 1. The highest BCUT2D eigenvalue weighted by atomic mass is 32.2. The van der Waals surface area contributed by atoms with Gasteiger partial charge in [-0.15, -0.1) is 23.1 Å². The summed E-state index contributed by atoms with van der Waals surface area (Å²) < 4.78 is 0. The second-order valence-electron chi connectivity index (χ2n) is 9.48. The molecule has 0 bridgehead atoms. The number of anilines is 2. The number of aromatic nitrogens is 1. The van der Waals surface area contributed by atoms with Crippen molar-refractivity contribution in [2.24, 2.45) is 5.16 Å². The van der Waals surface area contributed by atoms with Gasteiger partial charge < -0.3 is 25.9 Å². The van der Waals surface area contributed by atoms with Gasteiger partial charge in [0.15, 0.2) is 16.0 Å². The Bertz CT molecular complexity index is 1490. The molecule has 16 heteroatoms. The summed E-state index contributed by atoms with van der Waals surface area (Å²) in [6, 6.07) is 6.24. The van der Waals surface area contributed by atoms with E-state index in [1.54, 1.807) is 17.0 Å². The number of thioether (sulfide) groups is 2. The summed E-state index contributed by atoms with van der Waals surface area (Å²) in [6.45, 7) is 3.87. The topological polar surface area (TPSA) is 185 Å². The van der Waals surface area contributed by atoms with Crippen LogP contribution in [-0.4, -0.2) is 86.1 Å². The third-order valence-electron chi connectivity index (χ3n) is 6.51. The van der Waals surface area contributed by atoms with Gasteiger partial charge in [-0.3, -0.25) is 24.1 Å². The van der Waals surface area contributed by atoms with Crippen molar-refractivity contribution in [2.45, 2.75) is 38.1 Å². The third kappa shape index (κ3) is 7.19. The van der Waals surface area contributed by atoms with Gasteiger partial charge in [-0.2, -0.15) is 0 Å². The fourth-order valence-corrected chi connectivity index (χ4v) is 7.00. The van der Waals surface area contributed by atoms with E-state index in [4.69, 9.17) is 10.6 Å². The van der Waals surface area contributed by atoms with Crippen LogP contribution in [0.1, 0.15) is 31.5 Å². The number of amides is 3. The molecule has 2 aromatic rings. The Kier molecular flexibility index (Phi) is 10.5. The number of thiazole rings is 1. The minimum Gasteiger partial charge on any atom is -0.477 e. The van der Waals surface area contributed by atoms with E-state index >= 15 is 0 Å². The summed E-state index contributed by atoms with van der Waals surface area (Å²) in [5.41, 5.74) is 7.64. The largest absolute Gasteiger partial charge is 0.477 e. The fourth-order valence-electron chi connectivity index (χ4n) is 4.62. The first kappa shape index (κ1) is 32.0. The molecule has 0 spiro atoms. The molecule has 0 radical (unpaired) electrons. The lowest BCUT2D eigenvalue weighted by Crippen LogP contribution is -2.71. The molecule has 0 unspecified atom stereocenters. The fraction of sp³-hybridized carbons (Fsp3) is 0.370. The number of nitrogens with one attached hydrogen (secondary N) is 1. The van der Waals surface area contributed by atoms with Crippen molar-refractivity contribution in [2.75, 3.05) is 35.8 Å². The Morgan fingerprint density at radius 1 is 1.28 bits per heavy atom. The number of fused-ring (bicyclic) bond motifs is 1. The van der Waals surface area contributed by atoms with E-state index in [0.717, 1.165) is 35.1 Å². The SMILES string of the molecule is CCCN(C(=O)CSC(C)=O)c1ccc(CC2=C(C(=O)O)N3C(=O)[C@@H](NC(=O)/C(=N/OC)c4csc(N)n4)[C@H]3SC2)cc1. The van der Waals surface area contributed by atoms with E-state index in [1.165, 1.54) is 36.1 Å². The van der Waals surface area contributed by atoms with Gasteiger partial charge in [-0.25, -0.2) is 9.78 Å². The summed E-state index contributed by atoms with van der Waals surface area (Å²) in [5.74, 6) is -2.29. The van der Waals surface area contributed by atoms with Crippen LogP contribution in [0.25, 0.3) is 0 Å². The number of rotatable bonds is 12. The lowest BCUT2D eigenvalue weighted by atomic mass is 9.98. The number of nitrogens with zero attached hydrogens (tertiary/aromatic N) is 4. The van der Waals surface area contributed by atoms with Gasteiger partial charge in [0, 0.05) is 30.3 Å². The molecule has 1 aromatic carbocycles. The molecule has 0 aliphatic carbocycles. The second-order valence-corrected chi connectivity index (χ2v) is 12.6.